The monoisotopic (exact) mass is 260 g/mol. The number of phenolic OH excluding ortho intramolecular Hbond substituents is 1. The largest absolute Gasteiger partial charge is 0.507 e. The summed E-state index contributed by atoms with van der Waals surface area (Å²) in [6, 6.07) is 4.37. The van der Waals surface area contributed by atoms with Gasteiger partial charge in [-0.05, 0) is 24.6 Å². The minimum atomic E-state index is -1.05. The third-order valence-corrected chi connectivity index (χ3v) is 2.93. The van der Waals surface area contributed by atoms with Crippen LogP contribution in [0.25, 0.3) is 11.1 Å². The Balaban J connectivity index is 2.50. The Kier molecular flexibility index (Phi) is 3.55. The maximum Gasteiger partial charge on any atom is 0.335 e. The molecule has 0 unspecified atom stereocenters. The summed E-state index contributed by atoms with van der Waals surface area (Å²) < 4.78 is 1.70. The molecule has 1 aromatic carbocycles. The number of hydrogen-bond acceptors (Lipinski definition) is 3. The van der Waals surface area contributed by atoms with Crippen molar-refractivity contribution in [2.75, 3.05) is 0 Å². The van der Waals surface area contributed by atoms with Crippen molar-refractivity contribution in [2.45, 2.75) is 19.8 Å². The highest BCUT2D eigenvalue weighted by atomic mass is 16.4. The van der Waals surface area contributed by atoms with Crippen molar-refractivity contribution in [3.63, 3.8) is 0 Å². The summed E-state index contributed by atoms with van der Waals surface area (Å²) in [5, 5.41) is 23.2. The molecule has 0 saturated carbocycles. The fourth-order valence-corrected chi connectivity index (χ4v) is 2.07. The minimum Gasteiger partial charge on any atom is -0.507 e. The van der Waals surface area contributed by atoms with E-state index in [-0.39, 0.29) is 11.3 Å². The third kappa shape index (κ3) is 2.59. The number of phenols is 1. The molecule has 0 spiro atoms. The zero-order valence-corrected chi connectivity index (χ0v) is 10.9. The predicted molar refractivity (Wildman–Crippen MR) is 71.3 cm³/mol. The number of rotatable bonds is 4. The second-order valence-electron chi connectivity index (χ2n) is 4.45. The van der Waals surface area contributed by atoms with Gasteiger partial charge >= 0.3 is 5.97 Å². The number of carboxylic acid groups (broad SMARTS) is 1. The molecule has 19 heavy (non-hydrogen) atoms. The van der Waals surface area contributed by atoms with Gasteiger partial charge in [0.05, 0.1) is 11.3 Å². The van der Waals surface area contributed by atoms with E-state index in [1.54, 1.807) is 10.7 Å². The quantitative estimate of drug-likeness (QED) is 0.885. The lowest BCUT2D eigenvalue weighted by atomic mass is 10.0. The number of carboxylic acids is 1. The molecule has 2 aromatic rings. The Bertz CT molecular complexity index is 617. The third-order valence-electron chi connectivity index (χ3n) is 2.93. The van der Waals surface area contributed by atoms with Crippen LogP contribution >= 0.6 is 0 Å². The molecule has 2 N–H and O–H groups in total. The lowest BCUT2D eigenvalue weighted by Gasteiger charge is -2.05. The Labute approximate surface area is 111 Å². The first-order valence-electron chi connectivity index (χ1n) is 6.12. The van der Waals surface area contributed by atoms with Crippen molar-refractivity contribution in [3.8, 4) is 16.9 Å². The summed E-state index contributed by atoms with van der Waals surface area (Å²) in [6.07, 6.45) is 3.61. The zero-order valence-electron chi connectivity index (χ0n) is 10.9. The Morgan fingerprint density at radius 2 is 2.11 bits per heavy atom. The van der Waals surface area contributed by atoms with Crippen LogP contribution in [0.2, 0.25) is 0 Å². The van der Waals surface area contributed by atoms with E-state index in [9.17, 15) is 9.90 Å². The van der Waals surface area contributed by atoms with Gasteiger partial charge in [0, 0.05) is 24.4 Å². The van der Waals surface area contributed by atoms with Gasteiger partial charge in [-0.1, -0.05) is 13.3 Å². The van der Waals surface area contributed by atoms with Crippen LogP contribution < -0.4 is 0 Å². The highest BCUT2D eigenvalue weighted by Crippen LogP contribution is 2.32. The van der Waals surface area contributed by atoms with E-state index in [1.807, 2.05) is 13.2 Å². The van der Waals surface area contributed by atoms with Crippen LogP contribution in [0.1, 0.15) is 29.4 Å². The van der Waals surface area contributed by atoms with Gasteiger partial charge in [-0.3, -0.25) is 4.68 Å². The molecule has 0 aliphatic rings. The highest BCUT2D eigenvalue weighted by molar-refractivity contribution is 5.89. The van der Waals surface area contributed by atoms with Gasteiger partial charge in [0.2, 0.25) is 0 Å². The fourth-order valence-electron chi connectivity index (χ4n) is 2.07. The zero-order chi connectivity index (χ0) is 14.0. The van der Waals surface area contributed by atoms with E-state index < -0.39 is 5.97 Å². The molecule has 0 saturated heterocycles. The molecule has 0 fully saturated rings. The number of aromatic hydroxyl groups is 1. The number of nitrogens with zero attached hydrogens (tertiary/aromatic N) is 2. The number of benzene rings is 1. The Morgan fingerprint density at radius 3 is 2.68 bits per heavy atom. The topological polar surface area (TPSA) is 75.4 Å². The first kappa shape index (κ1) is 13.1. The number of hydrogen-bond donors (Lipinski definition) is 2. The number of aromatic nitrogens is 2. The first-order valence-corrected chi connectivity index (χ1v) is 6.12. The summed E-state index contributed by atoms with van der Waals surface area (Å²) in [6.45, 7) is 2.06. The highest BCUT2D eigenvalue weighted by Gasteiger charge is 2.14. The summed E-state index contributed by atoms with van der Waals surface area (Å²) in [7, 11) is 1.82. The van der Waals surface area contributed by atoms with Crippen molar-refractivity contribution in [1.29, 1.82) is 0 Å². The number of aromatic carboxylic acids is 1. The summed E-state index contributed by atoms with van der Waals surface area (Å²) in [5.41, 5.74) is 2.44. The average molecular weight is 260 g/mol. The summed E-state index contributed by atoms with van der Waals surface area (Å²) in [4.78, 5) is 10.8. The fraction of sp³-hybridized carbons (Fsp3) is 0.286. The molecule has 0 bridgehead atoms. The SMILES string of the molecule is CCCc1nn(C)cc1-c1ccc(C(=O)O)cc1O. The van der Waals surface area contributed by atoms with Gasteiger partial charge in [-0.25, -0.2) is 4.79 Å². The lowest BCUT2D eigenvalue weighted by molar-refractivity contribution is 0.0696. The predicted octanol–water partition coefficient (Wildman–Crippen LogP) is 2.44. The lowest BCUT2D eigenvalue weighted by Crippen LogP contribution is -1.96. The molecule has 1 aromatic heterocycles. The second kappa shape index (κ2) is 5.14. The molecule has 1 heterocycles. The van der Waals surface area contributed by atoms with Gasteiger partial charge in [0.1, 0.15) is 5.75 Å². The second-order valence-corrected chi connectivity index (χ2v) is 4.45. The van der Waals surface area contributed by atoms with Crippen molar-refractivity contribution in [3.05, 3.63) is 35.7 Å². The minimum absolute atomic E-state index is 0.0368. The summed E-state index contributed by atoms with van der Waals surface area (Å²) >= 11 is 0. The van der Waals surface area contributed by atoms with Crippen molar-refractivity contribution in [1.82, 2.24) is 9.78 Å². The normalized spacial score (nSPS) is 10.6. The van der Waals surface area contributed by atoms with Gasteiger partial charge in [0.15, 0.2) is 0 Å². The molecule has 5 nitrogen and oxygen atoms in total. The first-order chi connectivity index (χ1) is 9.02. The Hall–Kier alpha value is -2.30. The van der Waals surface area contributed by atoms with E-state index in [0.717, 1.165) is 24.1 Å². The molecular weight excluding hydrogens is 244 g/mol. The molecule has 5 heteroatoms. The molecule has 0 aliphatic carbocycles. The van der Waals surface area contributed by atoms with Crippen LogP contribution in [0.4, 0.5) is 0 Å². The van der Waals surface area contributed by atoms with Crippen LogP contribution in [-0.4, -0.2) is 26.0 Å². The number of aryl methyl sites for hydroxylation is 2. The molecule has 2 rings (SSSR count). The molecule has 100 valence electrons. The van der Waals surface area contributed by atoms with Crippen molar-refractivity contribution >= 4 is 5.97 Å². The van der Waals surface area contributed by atoms with Gasteiger partial charge in [-0.2, -0.15) is 5.10 Å². The maximum absolute atomic E-state index is 10.8. The van der Waals surface area contributed by atoms with Crippen LogP contribution in [0.15, 0.2) is 24.4 Å². The number of carbonyl (C=O) groups is 1. The molecule has 0 aliphatic heterocycles. The van der Waals surface area contributed by atoms with E-state index in [0.29, 0.717) is 5.56 Å². The van der Waals surface area contributed by atoms with Crippen molar-refractivity contribution < 1.29 is 15.0 Å². The van der Waals surface area contributed by atoms with E-state index >= 15 is 0 Å². The van der Waals surface area contributed by atoms with Crippen LogP contribution in [0.3, 0.4) is 0 Å². The van der Waals surface area contributed by atoms with Gasteiger partial charge in [-0.15, -0.1) is 0 Å². The van der Waals surface area contributed by atoms with Crippen LogP contribution in [-0.2, 0) is 13.5 Å². The van der Waals surface area contributed by atoms with E-state index in [2.05, 4.69) is 12.0 Å². The molecule has 0 radical (unpaired) electrons. The van der Waals surface area contributed by atoms with Crippen molar-refractivity contribution in [2.24, 2.45) is 7.05 Å². The molecule has 0 amide bonds. The van der Waals surface area contributed by atoms with E-state index in [1.165, 1.54) is 12.1 Å². The smallest absolute Gasteiger partial charge is 0.335 e. The molecule has 0 atom stereocenters. The van der Waals surface area contributed by atoms with Crippen LogP contribution in [0, 0.1) is 0 Å². The Morgan fingerprint density at radius 1 is 1.37 bits per heavy atom. The molecular formula is C14H16N2O3. The maximum atomic E-state index is 10.8. The van der Waals surface area contributed by atoms with Gasteiger partial charge in [0.25, 0.3) is 0 Å². The van der Waals surface area contributed by atoms with E-state index in [4.69, 9.17) is 5.11 Å². The van der Waals surface area contributed by atoms with Gasteiger partial charge < -0.3 is 10.2 Å². The standard InChI is InChI=1S/C14H16N2O3/c1-3-4-12-11(8-16(2)15-12)10-6-5-9(14(18)19)7-13(10)17/h5-8,17H,3-4H2,1-2H3,(H,18,19). The summed E-state index contributed by atoms with van der Waals surface area (Å²) in [5.74, 6) is -1.09. The average Bonchev–Trinajstić information content (AvgIpc) is 2.70. The van der Waals surface area contributed by atoms with Crippen LogP contribution in [0.5, 0.6) is 5.75 Å².